The molecular formula is C19H16F3IN2O2. The van der Waals surface area contributed by atoms with Crippen LogP contribution in [0, 0.1) is 15.4 Å². The number of halogens is 4. The van der Waals surface area contributed by atoms with Crippen molar-refractivity contribution in [1.82, 2.24) is 0 Å². The van der Waals surface area contributed by atoms with E-state index in [9.17, 15) is 22.8 Å². The second-order valence-electron chi connectivity index (χ2n) is 6.54. The fourth-order valence-electron chi connectivity index (χ4n) is 2.65. The number of carbonyl (C=O) groups excluding carboxylic acids is 2. The zero-order chi connectivity index (χ0) is 19.8. The number of hydrogen-bond donors (Lipinski definition) is 2. The molecule has 3 rings (SSSR count). The van der Waals surface area contributed by atoms with Gasteiger partial charge in [0.05, 0.1) is 11.3 Å². The van der Waals surface area contributed by atoms with Gasteiger partial charge in [-0.15, -0.1) is 0 Å². The maximum Gasteiger partial charge on any atom is 0.416 e. The van der Waals surface area contributed by atoms with Crippen molar-refractivity contribution in [3.63, 3.8) is 0 Å². The second kappa shape index (κ2) is 7.49. The van der Waals surface area contributed by atoms with Gasteiger partial charge < -0.3 is 10.6 Å². The third-order valence-corrected chi connectivity index (χ3v) is 5.32. The van der Waals surface area contributed by atoms with Gasteiger partial charge in [-0.25, -0.2) is 0 Å². The number of anilines is 2. The first-order chi connectivity index (χ1) is 12.6. The largest absolute Gasteiger partial charge is 0.416 e. The molecule has 0 saturated heterocycles. The first kappa shape index (κ1) is 19.7. The van der Waals surface area contributed by atoms with Gasteiger partial charge in [-0.2, -0.15) is 13.2 Å². The third kappa shape index (κ3) is 4.79. The maximum atomic E-state index is 12.9. The minimum Gasteiger partial charge on any atom is -0.326 e. The highest BCUT2D eigenvalue weighted by atomic mass is 127. The van der Waals surface area contributed by atoms with E-state index in [0.717, 1.165) is 18.6 Å². The van der Waals surface area contributed by atoms with Crippen LogP contribution in [-0.2, 0) is 11.0 Å². The van der Waals surface area contributed by atoms with Gasteiger partial charge in [-0.05, 0) is 71.3 Å². The van der Waals surface area contributed by atoms with Crippen molar-refractivity contribution in [2.75, 3.05) is 10.6 Å². The van der Waals surface area contributed by atoms with Crippen LogP contribution in [0.3, 0.4) is 0 Å². The van der Waals surface area contributed by atoms with Gasteiger partial charge in [0.1, 0.15) is 0 Å². The molecule has 1 fully saturated rings. The number of rotatable bonds is 4. The lowest BCUT2D eigenvalue weighted by molar-refractivity contribution is -0.137. The molecule has 2 amide bonds. The van der Waals surface area contributed by atoms with Crippen LogP contribution >= 0.6 is 22.6 Å². The summed E-state index contributed by atoms with van der Waals surface area (Å²) in [7, 11) is 0. The minimum atomic E-state index is -4.49. The number of hydrogen-bond acceptors (Lipinski definition) is 2. The molecule has 0 spiro atoms. The molecule has 2 atom stereocenters. The molecule has 2 aromatic carbocycles. The smallest absolute Gasteiger partial charge is 0.326 e. The van der Waals surface area contributed by atoms with Crippen LogP contribution in [0.4, 0.5) is 24.5 Å². The van der Waals surface area contributed by atoms with Crippen LogP contribution in [0.25, 0.3) is 0 Å². The van der Waals surface area contributed by atoms with E-state index in [1.165, 1.54) is 18.2 Å². The van der Waals surface area contributed by atoms with Gasteiger partial charge in [0, 0.05) is 20.7 Å². The zero-order valence-electron chi connectivity index (χ0n) is 14.2. The first-order valence-electron chi connectivity index (χ1n) is 8.24. The summed E-state index contributed by atoms with van der Waals surface area (Å²) >= 11 is 1.86. The van der Waals surface area contributed by atoms with Gasteiger partial charge in [-0.3, -0.25) is 9.59 Å². The molecule has 0 aromatic heterocycles. The average Bonchev–Trinajstić information content (AvgIpc) is 3.33. The first-order valence-corrected chi connectivity index (χ1v) is 9.32. The van der Waals surface area contributed by atoms with Gasteiger partial charge in [0.2, 0.25) is 5.91 Å². The Bertz CT molecular complexity index is 899. The molecule has 2 unspecified atom stereocenters. The van der Waals surface area contributed by atoms with Crippen LogP contribution in [-0.4, -0.2) is 11.8 Å². The molecule has 0 radical (unpaired) electrons. The second-order valence-corrected chi connectivity index (χ2v) is 7.70. The van der Waals surface area contributed by atoms with Crippen molar-refractivity contribution in [3.8, 4) is 0 Å². The Hall–Kier alpha value is -2.10. The monoisotopic (exact) mass is 488 g/mol. The summed E-state index contributed by atoms with van der Waals surface area (Å²) in [4.78, 5) is 24.5. The van der Waals surface area contributed by atoms with Crippen LogP contribution < -0.4 is 10.6 Å². The molecule has 0 bridgehead atoms. The van der Waals surface area contributed by atoms with E-state index in [-0.39, 0.29) is 23.1 Å². The van der Waals surface area contributed by atoms with E-state index < -0.39 is 17.6 Å². The maximum absolute atomic E-state index is 12.9. The molecule has 1 aliphatic carbocycles. The number of benzene rings is 2. The van der Waals surface area contributed by atoms with E-state index in [0.29, 0.717) is 15.2 Å². The Morgan fingerprint density at radius 1 is 1.11 bits per heavy atom. The summed E-state index contributed by atoms with van der Waals surface area (Å²) in [6, 6.07) is 9.47. The Labute approximate surface area is 167 Å². The van der Waals surface area contributed by atoms with E-state index >= 15 is 0 Å². The molecule has 27 heavy (non-hydrogen) atoms. The molecular weight excluding hydrogens is 472 g/mol. The average molecular weight is 488 g/mol. The van der Waals surface area contributed by atoms with Gasteiger partial charge >= 0.3 is 6.18 Å². The SMILES string of the molecule is CC1CC1C(=O)Nc1cccc(C(=O)Nc2cc(C(F)(F)F)ccc2I)c1. The van der Waals surface area contributed by atoms with E-state index in [1.54, 1.807) is 12.1 Å². The molecule has 2 aromatic rings. The molecule has 0 heterocycles. The van der Waals surface area contributed by atoms with Crippen molar-refractivity contribution in [2.24, 2.45) is 11.8 Å². The summed E-state index contributed by atoms with van der Waals surface area (Å²) < 4.78 is 39.1. The normalized spacial score (nSPS) is 18.7. The summed E-state index contributed by atoms with van der Waals surface area (Å²) in [5.41, 5.74) is -0.0372. The van der Waals surface area contributed by atoms with Gasteiger partial charge in [0.25, 0.3) is 5.91 Å². The Morgan fingerprint density at radius 2 is 1.81 bits per heavy atom. The molecule has 142 valence electrons. The Balaban J connectivity index is 1.75. The van der Waals surface area contributed by atoms with Gasteiger partial charge in [0.15, 0.2) is 0 Å². The number of alkyl halides is 3. The molecule has 8 heteroatoms. The van der Waals surface area contributed by atoms with E-state index in [2.05, 4.69) is 10.6 Å². The van der Waals surface area contributed by atoms with Crippen LogP contribution in [0.1, 0.15) is 29.3 Å². The molecule has 4 nitrogen and oxygen atoms in total. The quantitative estimate of drug-likeness (QED) is 0.585. The molecule has 1 saturated carbocycles. The summed E-state index contributed by atoms with van der Waals surface area (Å²) in [6.45, 7) is 1.99. The predicted octanol–water partition coefficient (Wildman–Crippen LogP) is 5.16. The van der Waals surface area contributed by atoms with Crippen molar-refractivity contribution < 1.29 is 22.8 Å². The van der Waals surface area contributed by atoms with Crippen LogP contribution in [0.2, 0.25) is 0 Å². The van der Waals surface area contributed by atoms with Gasteiger partial charge in [-0.1, -0.05) is 13.0 Å². The lowest BCUT2D eigenvalue weighted by atomic mass is 10.1. The third-order valence-electron chi connectivity index (χ3n) is 4.38. The fourth-order valence-corrected chi connectivity index (χ4v) is 3.12. The lowest BCUT2D eigenvalue weighted by Gasteiger charge is -2.12. The highest BCUT2D eigenvalue weighted by Gasteiger charge is 2.39. The van der Waals surface area contributed by atoms with E-state index in [4.69, 9.17) is 0 Å². The molecule has 0 aliphatic heterocycles. The zero-order valence-corrected chi connectivity index (χ0v) is 16.4. The fraction of sp³-hybridized carbons (Fsp3) is 0.263. The Kier molecular flexibility index (Phi) is 5.45. The predicted molar refractivity (Wildman–Crippen MR) is 104 cm³/mol. The molecule has 2 N–H and O–H groups in total. The molecule has 1 aliphatic rings. The topological polar surface area (TPSA) is 58.2 Å². The summed E-state index contributed by atoms with van der Waals surface area (Å²) in [5, 5.41) is 5.27. The lowest BCUT2D eigenvalue weighted by Crippen LogP contribution is -2.17. The Morgan fingerprint density at radius 3 is 2.44 bits per heavy atom. The van der Waals surface area contributed by atoms with Crippen molar-refractivity contribution in [2.45, 2.75) is 19.5 Å². The number of amides is 2. The van der Waals surface area contributed by atoms with Crippen LogP contribution in [0.15, 0.2) is 42.5 Å². The van der Waals surface area contributed by atoms with Crippen molar-refractivity contribution in [1.29, 1.82) is 0 Å². The summed E-state index contributed by atoms with van der Waals surface area (Å²) in [6.07, 6.45) is -3.64. The highest BCUT2D eigenvalue weighted by Crippen LogP contribution is 2.38. The highest BCUT2D eigenvalue weighted by molar-refractivity contribution is 14.1. The number of carbonyl (C=O) groups is 2. The number of nitrogens with one attached hydrogen (secondary N) is 2. The van der Waals surface area contributed by atoms with Crippen molar-refractivity contribution >= 4 is 45.8 Å². The van der Waals surface area contributed by atoms with E-state index in [1.807, 2.05) is 29.5 Å². The summed E-state index contributed by atoms with van der Waals surface area (Å²) in [5.74, 6) is -0.288. The van der Waals surface area contributed by atoms with Crippen LogP contribution in [0.5, 0.6) is 0 Å². The minimum absolute atomic E-state index is 0.00540. The van der Waals surface area contributed by atoms with Crippen molar-refractivity contribution in [3.05, 3.63) is 57.2 Å². The standard InChI is InChI=1S/C19H16F3IN2O2/c1-10-7-14(10)18(27)24-13-4-2-3-11(8-13)17(26)25-16-9-12(19(20,21)22)5-6-15(16)23/h2-6,8-10,14H,7H2,1H3,(H,24,27)(H,25,26).